The average Bonchev–Trinajstić information content (AvgIpc) is 2.67. The minimum atomic E-state index is 0.434. The van der Waals surface area contributed by atoms with Crippen molar-refractivity contribution in [1.29, 1.82) is 0 Å². The van der Waals surface area contributed by atoms with Crippen molar-refractivity contribution in [2.45, 2.75) is 39.2 Å². The fraction of sp³-hybridized carbons (Fsp3) is 0.625. The molecular weight excluding hydrogens is 220 g/mol. The molecular formula is C16H24N2. The van der Waals surface area contributed by atoms with Gasteiger partial charge in [-0.3, -0.25) is 0 Å². The molecule has 2 heterocycles. The topological polar surface area (TPSA) is 15.3 Å². The minimum absolute atomic E-state index is 0.434. The van der Waals surface area contributed by atoms with E-state index in [1.165, 1.54) is 50.1 Å². The number of piperidine rings is 1. The Labute approximate surface area is 110 Å². The van der Waals surface area contributed by atoms with Crippen molar-refractivity contribution in [1.82, 2.24) is 5.32 Å². The van der Waals surface area contributed by atoms with Crippen LogP contribution >= 0.6 is 0 Å². The second kappa shape index (κ2) is 4.58. The summed E-state index contributed by atoms with van der Waals surface area (Å²) < 4.78 is 0. The Morgan fingerprint density at radius 2 is 2.22 bits per heavy atom. The number of benzene rings is 1. The second-order valence-corrected chi connectivity index (χ2v) is 6.40. The van der Waals surface area contributed by atoms with Gasteiger partial charge in [0.2, 0.25) is 0 Å². The van der Waals surface area contributed by atoms with Gasteiger partial charge in [-0.2, -0.15) is 0 Å². The lowest BCUT2D eigenvalue weighted by Gasteiger charge is -2.40. The van der Waals surface area contributed by atoms with E-state index in [1.807, 2.05) is 0 Å². The summed E-state index contributed by atoms with van der Waals surface area (Å²) in [4.78, 5) is 2.63. The molecule has 0 aliphatic carbocycles. The van der Waals surface area contributed by atoms with Gasteiger partial charge in [-0.25, -0.2) is 0 Å². The van der Waals surface area contributed by atoms with E-state index < -0.39 is 0 Å². The van der Waals surface area contributed by atoms with Crippen LogP contribution in [0.25, 0.3) is 0 Å². The van der Waals surface area contributed by atoms with Gasteiger partial charge in [0, 0.05) is 24.8 Å². The molecule has 0 bridgehead atoms. The van der Waals surface area contributed by atoms with Crippen LogP contribution in [0.4, 0.5) is 5.69 Å². The van der Waals surface area contributed by atoms with Crippen LogP contribution in [0.1, 0.15) is 32.3 Å². The molecule has 18 heavy (non-hydrogen) atoms. The van der Waals surface area contributed by atoms with Crippen molar-refractivity contribution in [3.05, 3.63) is 29.8 Å². The lowest BCUT2D eigenvalue weighted by molar-refractivity contribution is 0.237. The Balaban J connectivity index is 1.80. The zero-order valence-electron chi connectivity index (χ0n) is 11.6. The average molecular weight is 244 g/mol. The molecule has 3 rings (SSSR count). The standard InChI is InChI=1S/C16H24N2/c1-13-10-14-6-3-4-7-15(14)18(13)12-16(2)8-5-9-17-11-16/h3-4,6-7,13,17H,5,8-12H2,1-2H3. The third-order valence-corrected chi connectivity index (χ3v) is 4.59. The Kier molecular flexibility index (Phi) is 3.06. The highest BCUT2D eigenvalue weighted by molar-refractivity contribution is 5.59. The molecule has 0 spiro atoms. The quantitative estimate of drug-likeness (QED) is 0.860. The Hall–Kier alpha value is -1.02. The van der Waals surface area contributed by atoms with Crippen molar-refractivity contribution in [3.63, 3.8) is 0 Å². The van der Waals surface area contributed by atoms with E-state index >= 15 is 0 Å². The second-order valence-electron chi connectivity index (χ2n) is 6.40. The largest absolute Gasteiger partial charge is 0.368 e. The lowest BCUT2D eigenvalue weighted by Crippen LogP contribution is -2.47. The predicted octanol–water partition coefficient (Wildman–Crippen LogP) is 2.83. The number of hydrogen-bond donors (Lipinski definition) is 1. The molecule has 1 fully saturated rings. The molecule has 0 saturated carbocycles. The van der Waals surface area contributed by atoms with Crippen LogP contribution in [0.5, 0.6) is 0 Å². The molecule has 1 N–H and O–H groups in total. The first-order valence-electron chi connectivity index (χ1n) is 7.23. The molecule has 2 nitrogen and oxygen atoms in total. The Morgan fingerprint density at radius 3 is 3.00 bits per heavy atom. The van der Waals surface area contributed by atoms with Crippen LogP contribution in [-0.4, -0.2) is 25.7 Å². The van der Waals surface area contributed by atoms with E-state index in [2.05, 4.69) is 48.3 Å². The van der Waals surface area contributed by atoms with Crippen molar-refractivity contribution >= 4 is 5.69 Å². The highest BCUT2D eigenvalue weighted by Crippen LogP contribution is 2.36. The summed E-state index contributed by atoms with van der Waals surface area (Å²) in [7, 11) is 0. The maximum atomic E-state index is 3.56. The summed E-state index contributed by atoms with van der Waals surface area (Å²) >= 11 is 0. The molecule has 2 aliphatic rings. The van der Waals surface area contributed by atoms with Gasteiger partial charge in [0.05, 0.1) is 0 Å². The number of anilines is 1. The first-order valence-corrected chi connectivity index (χ1v) is 7.23. The summed E-state index contributed by atoms with van der Waals surface area (Å²) in [5.41, 5.74) is 3.43. The number of fused-ring (bicyclic) bond motifs is 1. The molecule has 1 aromatic rings. The third-order valence-electron chi connectivity index (χ3n) is 4.59. The molecule has 2 unspecified atom stereocenters. The highest BCUT2D eigenvalue weighted by atomic mass is 15.2. The normalized spacial score (nSPS) is 31.4. The molecule has 2 atom stereocenters. The molecule has 0 amide bonds. The number of rotatable bonds is 2. The number of hydrogen-bond acceptors (Lipinski definition) is 2. The van der Waals surface area contributed by atoms with Crippen LogP contribution in [0.3, 0.4) is 0 Å². The zero-order valence-corrected chi connectivity index (χ0v) is 11.6. The maximum Gasteiger partial charge on any atom is 0.0402 e. The molecule has 2 heteroatoms. The van der Waals surface area contributed by atoms with Gasteiger partial charge in [-0.15, -0.1) is 0 Å². The lowest BCUT2D eigenvalue weighted by atomic mass is 9.82. The van der Waals surface area contributed by atoms with Crippen LogP contribution in [0.2, 0.25) is 0 Å². The van der Waals surface area contributed by atoms with E-state index in [9.17, 15) is 0 Å². The van der Waals surface area contributed by atoms with E-state index in [4.69, 9.17) is 0 Å². The fourth-order valence-corrected chi connectivity index (χ4v) is 3.54. The van der Waals surface area contributed by atoms with E-state index in [-0.39, 0.29) is 0 Å². The van der Waals surface area contributed by atoms with Crippen LogP contribution in [0, 0.1) is 5.41 Å². The van der Waals surface area contributed by atoms with Crippen LogP contribution in [0.15, 0.2) is 24.3 Å². The van der Waals surface area contributed by atoms with Gasteiger partial charge < -0.3 is 10.2 Å². The summed E-state index contributed by atoms with van der Waals surface area (Å²) in [6, 6.07) is 9.57. The molecule has 1 saturated heterocycles. The molecule has 0 aromatic heterocycles. The van der Waals surface area contributed by atoms with Crippen LogP contribution < -0.4 is 10.2 Å². The monoisotopic (exact) mass is 244 g/mol. The van der Waals surface area contributed by atoms with Crippen LogP contribution in [-0.2, 0) is 6.42 Å². The molecule has 0 radical (unpaired) electrons. The zero-order chi connectivity index (χ0) is 12.6. The summed E-state index contributed by atoms with van der Waals surface area (Å²) in [6.07, 6.45) is 3.88. The summed E-state index contributed by atoms with van der Waals surface area (Å²) in [5.74, 6) is 0. The Morgan fingerprint density at radius 1 is 1.39 bits per heavy atom. The van der Waals surface area contributed by atoms with E-state index in [0.717, 1.165) is 0 Å². The van der Waals surface area contributed by atoms with Crippen molar-refractivity contribution in [2.75, 3.05) is 24.5 Å². The smallest absolute Gasteiger partial charge is 0.0402 e. The van der Waals surface area contributed by atoms with E-state index in [0.29, 0.717) is 11.5 Å². The van der Waals surface area contributed by atoms with Gasteiger partial charge >= 0.3 is 0 Å². The van der Waals surface area contributed by atoms with Gasteiger partial charge in [0.15, 0.2) is 0 Å². The Bertz CT molecular complexity index is 421. The van der Waals surface area contributed by atoms with Gasteiger partial charge in [-0.1, -0.05) is 25.1 Å². The number of nitrogens with one attached hydrogen (secondary N) is 1. The SMILES string of the molecule is CC1Cc2ccccc2N1CC1(C)CCCNC1. The predicted molar refractivity (Wildman–Crippen MR) is 77.2 cm³/mol. The first kappa shape index (κ1) is 12.0. The maximum absolute atomic E-state index is 3.56. The van der Waals surface area contributed by atoms with E-state index in [1.54, 1.807) is 0 Å². The van der Waals surface area contributed by atoms with Crippen molar-refractivity contribution < 1.29 is 0 Å². The fourth-order valence-electron chi connectivity index (χ4n) is 3.54. The summed E-state index contributed by atoms with van der Waals surface area (Å²) in [5, 5.41) is 3.56. The van der Waals surface area contributed by atoms with Gasteiger partial charge in [0.25, 0.3) is 0 Å². The number of nitrogens with zero attached hydrogens (tertiary/aromatic N) is 1. The van der Waals surface area contributed by atoms with Crippen molar-refractivity contribution in [3.8, 4) is 0 Å². The van der Waals surface area contributed by atoms with Gasteiger partial charge in [-0.05, 0) is 49.8 Å². The molecule has 1 aromatic carbocycles. The summed E-state index contributed by atoms with van der Waals surface area (Å²) in [6.45, 7) is 8.35. The third kappa shape index (κ3) is 2.14. The van der Waals surface area contributed by atoms with Crippen molar-refractivity contribution in [2.24, 2.45) is 5.41 Å². The highest BCUT2D eigenvalue weighted by Gasteiger charge is 2.34. The molecule has 98 valence electrons. The minimum Gasteiger partial charge on any atom is -0.368 e. The number of para-hydroxylation sites is 1. The molecule has 2 aliphatic heterocycles. The van der Waals surface area contributed by atoms with Gasteiger partial charge in [0.1, 0.15) is 0 Å². The first-order chi connectivity index (χ1) is 8.68.